The number of imidazole rings is 1. The number of para-hydroxylation sites is 2. The van der Waals surface area contributed by atoms with E-state index in [2.05, 4.69) is 10.6 Å². The highest BCUT2D eigenvalue weighted by molar-refractivity contribution is 6.31. The Bertz CT molecular complexity index is 1360. The van der Waals surface area contributed by atoms with Gasteiger partial charge in [-0.2, -0.15) is 0 Å². The molecule has 1 aliphatic rings. The van der Waals surface area contributed by atoms with Crippen LogP contribution in [0.25, 0.3) is 11.0 Å². The Balaban J connectivity index is 1.64. The number of hydrogen-bond acceptors (Lipinski definition) is 4. The maximum atomic E-state index is 13.6. The minimum Gasteiger partial charge on any atom is -0.497 e. The Kier molecular flexibility index (Phi) is 5.07. The molecule has 0 bridgehead atoms. The Morgan fingerprint density at radius 2 is 1.78 bits per heavy atom. The number of aromatic nitrogens is 2. The molecule has 7 heteroatoms. The molecule has 5 rings (SSSR count). The molecule has 0 fully saturated rings. The minimum atomic E-state index is -0.439. The number of carbonyl (C=O) groups is 1. The number of methoxy groups -OCH3 is 1. The molecule has 1 atom stereocenters. The number of rotatable bonds is 4. The summed E-state index contributed by atoms with van der Waals surface area (Å²) in [4.78, 5) is 18.3. The summed E-state index contributed by atoms with van der Waals surface area (Å²) in [5.41, 5.74) is 4.57. The summed E-state index contributed by atoms with van der Waals surface area (Å²) in [6, 6.07) is 22.3. The van der Waals surface area contributed by atoms with E-state index in [1.165, 1.54) is 0 Å². The largest absolute Gasteiger partial charge is 0.497 e. The van der Waals surface area contributed by atoms with Crippen molar-refractivity contribution in [2.45, 2.75) is 13.0 Å². The first kappa shape index (κ1) is 20.2. The van der Waals surface area contributed by atoms with Gasteiger partial charge in [-0.15, -0.1) is 0 Å². The molecule has 0 saturated carbocycles. The molecule has 0 spiro atoms. The van der Waals surface area contributed by atoms with Gasteiger partial charge in [0.2, 0.25) is 5.95 Å². The highest BCUT2D eigenvalue weighted by Gasteiger charge is 2.35. The third-order valence-electron chi connectivity index (χ3n) is 5.62. The zero-order chi connectivity index (χ0) is 22.2. The summed E-state index contributed by atoms with van der Waals surface area (Å²) in [6.45, 7) is 1.88. The van der Waals surface area contributed by atoms with Crippen LogP contribution in [0.15, 0.2) is 84.1 Å². The van der Waals surface area contributed by atoms with E-state index in [1.807, 2.05) is 84.3 Å². The molecule has 32 heavy (non-hydrogen) atoms. The first-order valence-corrected chi connectivity index (χ1v) is 10.6. The maximum Gasteiger partial charge on any atom is 0.255 e. The van der Waals surface area contributed by atoms with Crippen molar-refractivity contribution >= 4 is 40.2 Å². The zero-order valence-corrected chi connectivity index (χ0v) is 18.4. The van der Waals surface area contributed by atoms with Crippen LogP contribution >= 0.6 is 11.6 Å². The highest BCUT2D eigenvalue weighted by atomic mass is 35.5. The van der Waals surface area contributed by atoms with Crippen molar-refractivity contribution in [3.63, 3.8) is 0 Å². The molecule has 1 aromatic heterocycles. The number of amides is 1. The van der Waals surface area contributed by atoms with Crippen molar-refractivity contribution in [3.05, 3.63) is 94.7 Å². The average Bonchev–Trinajstić information content (AvgIpc) is 3.17. The van der Waals surface area contributed by atoms with E-state index in [0.717, 1.165) is 28.0 Å². The zero-order valence-electron chi connectivity index (χ0n) is 17.6. The Morgan fingerprint density at radius 1 is 1.06 bits per heavy atom. The molecule has 0 aliphatic carbocycles. The second kappa shape index (κ2) is 8.05. The molecule has 4 aromatic rings. The standard InChI is InChI=1S/C25H21ClN4O2/c1-15-22(24(31)28-16-11-13-17(32-2)14-12-16)23(18-7-3-4-8-19(18)26)30-21-10-6-5-9-20(21)29-25(30)27-15/h3-14,23H,1-2H3,(H,27,29)(H,28,31). The summed E-state index contributed by atoms with van der Waals surface area (Å²) in [7, 11) is 1.61. The van der Waals surface area contributed by atoms with Gasteiger partial charge in [-0.1, -0.05) is 41.9 Å². The molecule has 3 aromatic carbocycles. The number of fused-ring (bicyclic) bond motifs is 3. The summed E-state index contributed by atoms with van der Waals surface area (Å²) < 4.78 is 7.24. The number of allylic oxidation sites excluding steroid dienone is 1. The highest BCUT2D eigenvalue weighted by Crippen LogP contribution is 2.41. The number of nitrogens with one attached hydrogen (secondary N) is 2. The van der Waals surface area contributed by atoms with Gasteiger partial charge in [0.25, 0.3) is 5.91 Å². The number of carbonyl (C=O) groups excluding carboxylic acids is 1. The second-order valence-electron chi connectivity index (χ2n) is 7.56. The number of nitrogens with zero attached hydrogens (tertiary/aromatic N) is 2. The molecule has 2 N–H and O–H groups in total. The van der Waals surface area contributed by atoms with Gasteiger partial charge in [0, 0.05) is 16.4 Å². The van der Waals surface area contributed by atoms with E-state index in [0.29, 0.717) is 22.2 Å². The number of hydrogen-bond donors (Lipinski definition) is 2. The van der Waals surface area contributed by atoms with Crippen LogP contribution < -0.4 is 15.4 Å². The second-order valence-corrected chi connectivity index (χ2v) is 7.97. The third-order valence-corrected chi connectivity index (χ3v) is 5.97. The van der Waals surface area contributed by atoms with E-state index in [9.17, 15) is 4.79 Å². The fourth-order valence-corrected chi connectivity index (χ4v) is 4.36. The van der Waals surface area contributed by atoms with Crippen molar-refractivity contribution in [3.8, 4) is 5.75 Å². The quantitative estimate of drug-likeness (QED) is 0.428. The van der Waals surface area contributed by atoms with Crippen LogP contribution in [0.1, 0.15) is 18.5 Å². The minimum absolute atomic E-state index is 0.214. The molecule has 1 unspecified atom stereocenters. The Morgan fingerprint density at radius 3 is 2.53 bits per heavy atom. The fraction of sp³-hybridized carbons (Fsp3) is 0.120. The molecule has 1 amide bonds. The van der Waals surface area contributed by atoms with Gasteiger partial charge in [0.1, 0.15) is 5.75 Å². The Hall–Kier alpha value is -3.77. The van der Waals surface area contributed by atoms with E-state index >= 15 is 0 Å². The van der Waals surface area contributed by atoms with Crippen LogP contribution in [-0.2, 0) is 4.79 Å². The lowest BCUT2D eigenvalue weighted by molar-refractivity contribution is -0.113. The number of halogens is 1. The van der Waals surface area contributed by atoms with Crippen molar-refractivity contribution in [1.82, 2.24) is 9.55 Å². The van der Waals surface area contributed by atoms with Gasteiger partial charge >= 0.3 is 0 Å². The fourth-order valence-electron chi connectivity index (χ4n) is 4.12. The first-order valence-electron chi connectivity index (χ1n) is 10.2. The first-order chi connectivity index (χ1) is 15.6. The van der Waals surface area contributed by atoms with Gasteiger partial charge in [-0.05, 0) is 55.0 Å². The van der Waals surface area contributed by atoms with Crippen LogP contribution in [0, 0.1) is 0 Å². The third kappa shape index (κ3) is 3.39. The van der Waals surface area contributed by atoms with Crippen LogP contribution in [-0.4, -0.2) is 22.6 Å². The van der Waals surface area contributed by atoms with Crippen molar-refractivity contribution < 1.29 is 9.53 Å². The molecule has 160 valence electrons. The predicted molar refractivity (Wildman–Crippen MR) is 127 cm³/mol. The molecule has 0 saturated heterocycles. The monoisotopic (exact) mass is 444 g/mol. The molecule has 1 aliphatic heterocycles. The molecular weight excluding hydrogens is 424 g/mol. The van der Waals surface area contributed by atoms with Gasteiger partial charge in [0.05, 0.1) is 29.8 Å². The SMILES string of the molecule is COc1ccc(NC(=O)C2=C(C)Nc3nc4ccccc4n3C2c2ccccc2Cl)cc1. The lowest BCUT2D eigenvalue weighted by Gasteiger charge is -2.31. The van der Waals surface area contributed by atoms with E-state index in [-0.39, 0.29) is 5.91 Å². The maximum absolute atomic E-state index is 13.6. The van der Waals surface area contributed by atoms with Gasteiger partial charge in [-0.25, -0.2) is 4.98 Å². The number of ether oxygens (including phenoxy) is 1. The van der Waals surface area contributed by atoms with E-state index < -0.39 is 6.04 Å². The van der Waals surface area contributed by atoms with Gasteiger partial charge in [0.15, 0.2) is 0 Å². The topological polar surface area (TPSA) is 68.2 Å². The van der Waals surface area contributed by atoms with Crippen molar-refractivity contribution in [2.75, 3.05) is 17.7 Å². The molecule has 2 heterocycles. The lowest BCUT2D eigenvalue weighted by Crippen LogP contribution is -2.31. The van der Waals surface area contributed by atoms with Gasteiger partial charge in [-0.3, -0.25) is 9.36 Å². The summed E-state index contributed by atoms with van der Waals surface area (Å²) in [5.74, 6) is 1.18. The number of anilines is 2. The van der Waals surface area contributed by atoms with Gasteiger partial charge < -0.3 is 15.4 Å². The molecular formula is C25H21ClN4O2. The number of benzene rings is 3. The summed E-state index contributed by atoms with van der Waals surface area (Å²) in [6.07, 6.45) is 0. The summed E-state index contributed by atoms with van der Waals surface area (Å²) in [5, 5.41) is 6.91. The predicted octanol–water partition coefficient (Wildman–Crippen LogP) is 5.63. The smallest absolute Gasteiger partial charge is 0.255 e. The average molecular weight is 445 g/mol. The van der Waals surface area contributed by atoms with E-state index in [4.69, 9.17) is 21.3 Å². The molecule has 0 radical (unpaired) electrons. The summed E-state index contributed by atoms with van der Waals surface area (Å²) >= 11 is 6.63. The van der Waals surface area contributed by atoms with Crippen LogP contribution in [0.4, 0.5) is 11.6 Å². The lowest BCUT2D eigenvalue weighted by atomic mass is 9.94. The van der Waals surface area contributed by atoms with Crippen LogP contribution in [0.3, 0.4) is 0 Å². The molecule has 6 nitrogen and oxygen atoms in total. The van der Waals surface area contributed by atoms with Crippen LogP contribution in [0.2, 0.25) is 5.02 Å². The van der Waals surface area contributed by atoms with Crippen molar-refractivity contribution in [1.29, 1.82) is 0 Å². The van der Waals surface area contributed by atoms with Crippen molar-refractivity contribution in [2.24, 2.45) is 0 Å². The van der Waals surface area contributed by atoms with E-state index in [1.54, 1.807) is 7.11 Å². The van der Waals surface area contributed by atoms with Crippen LogP contribution in [0.5, 0.6) is 5.75 Å². The normalized spacial score (nSPS) is 15.3. The Labute approximate surface area is 190 Å².